The topological polar surface area (TPSA) is 54.5 Å². The number of aromatic nitrogens is 4. The molecule has 0 aliphatic rings. The highest BCUT2D eigenvalue weighted by molar-refractivity contribution is 5.76. The molecule has 3 rings (SSSR count). The lowest BCUT2D eigenvalue weighted by Crippen LogP contribution is -1.92. The van der Waals surface area contributed by atoms with Gasteiger partial charge in [-0.15, -0.1) is 0 Å². The van der Waals surface area contributed by atoms with E-state index in [1.807, 2.05) is 0 Å². The second-order valence-electron chi connectivity index (χ2n) is 4.09. The molecule has 18 heavy (non-hydrogen) atoms. The van der Waals surface area contributed by atoms with Gasteiger partial charge in [0.15, 0.2) is 0 Å². The number of hydrogen-bond donors (Lipinski definition) is 1. The third-order valence-electron chi connectivity index (χ3n) is 2.79. The number of aryl methyl sites for hydroxylation is 1. The number of benzene rings is 1. The number of nitrogens with one attached hydrogen (secondary N) is 1. The molecule has 2 heterocycles. The fourth-order valence-corrected chi connectivity index (χ4v) is 1.86. The third-order valence-corrected chi connectivity index (χ3v) is 2.79. The minimum Gasteiger partial charge on any atom is -0.345 e. The van der Waals surface area contributed by atoms with Crippen molar-refractivity contribution in [2.75, 3.05) is 0 Å². The van der Waals surface area contributed by atoms with Gasteiger partial charge < -0.3 is 4.98 Å². The zero-order valence-corrected chi connectivity index (χ0v) is 9.96. The second kappa shape index (κ2) is 4.41. The first-order valence-corrected chi connectivity index (χ1v) is 5.71. The van der Waals surface area contributed by atoms with E-state index in [-0.39, 0.29) is 0 Å². The molecule has 0 saturated carbocycles. The molecule has 88 valence electrons. The largest absolute Gasteiger partial charge is 0.345 e. The molecule has 0 aliphatic heterocycles. The molecular weight excluding hydrogens is 224 g/mol. The summed E-state index contributed by atoms with van der Waals surface area (Å²) in [6.45, 7) is 2.07. The zero-order valence-electron chi connectivity index (χ0n) is 9.96. The number of imidazole rings is 1. The predicted octanol–water partition coefficient (Wildman–Crippen LogP) is 2.84. The van der Waals surface area contributed by atoms with Crippen molar-refractivity contribution in [1.29, 1.82) is 0 Å². The maximum Gasteiger partial charge on any atom is 0.141 e. The number of aromatic amines is 1. The van der Waals surface area contributed by atoms with Crippen LogP contribution in [0.3, 0.4) is 0 Å². The first kappa shape index (κ1) is 10.7. The Labute approximate surface area is 105 Å². The van der Waals surface area contributed by atoms with Crippen LogP contribution in [-0.2, 0) is 0 Å². The van der Waals surface area contributed by atoms with Crippen LogP contribution in [0.15, 0.2) is 49.2 Å². The summed E-state index contributed by atoms with van der Waals surface area (Å²) in [6, 6.07) is 8.26. The maximum absolute atomic E-state index is 4.36. The number of nitrogens with zero attached hydrogens (tertiary/aromatic N) is 3. The average molecular weight is 236 g/mol. The van der Waals surface area contributed by atoms with Gasteiger partial charge in [0.05, 0.1) is 11.3 Å². The Morgan fingerprint density at radius 2 is 1.89 bits per heavy atom. The lowest BCUT2D eigenvalue weighted by Gasteiger charge is -2.06. The summed E-state index contributed by atoms with van der Waals surface area (Å²) in [5.74, 6) is 0.783. The van der Waals surface area contributed by atoms with Gasteiger partial charge in [-0.05, 0) is 6.92 Å². The van der Waals surface area contributed by atoms with Crippen molar-refractivity contribution in [3.05, 3.63) is 54.7 Å². The molecule has 2 aromatic heterocycles. The number of H-pyrrole nitrogens is 1. The van der Waals surface area contributed by atoms with E-state index in [1.165, 1.54) is 5.56 Å². The molecule has 0 spiro atoms. The van der Waals surface area contributed by atoms with Gasteiger partial charge in [-0.3, -0.25) is 0 Å². The van der Waals surface area contributed by atoms with E-state index < -0.39 is 0 Å². The van der Waals surface area contributed by atoms with Gasteiger partial charge in [-0.25, -0.2) is 15.0 Å². The van der Waals surface area contributed by atoms with Gasteiger partial charge in [0.25, 0.3) is 0 Å². The van der Waals surface area contributed by atoms with Crippen LogP contribution in [0.2, 0.25) is 0 Å². The molecule has 0 bridgehead atoms. The van der Waals surface area contributed by atoms with E-state index in [9.17, 15) is 0 Å². The minimum absolute atomic E-state index is 0.783. The van der Waals surface area contributed by atoms with E-state index in [0.29, 0.717) is 0 Å². The van der Waals surface area contributed by atoms with Crippen LogP contribution >= 0.6 is 0 Å². The van der Waals surface area contributed by atoms with Gasteiger partial charge in [-0.2, -0.15) is 0 Å². The van der Waals surface area contributed by atoms with Crippen LogP contribution < -0.4 is 0 Å². The maximum atomic E-state index is 4.36. The van der Waals surface area contributed by atoms with Crippen molar-refractivity contribution in [2.24, 2.45) is 0 Å². The average Bonchev–Trinajstić information content (AvgIpc) is 2.93. The van der Waals surface area contributed by atoms with Gasteiger partial charge in [-0.1, -0.05) is 29.8 Å². The van der Waals surface area contributed by atoms with Crippen molar-refractivity contribution >= 4 is 0 Å². The van der Waals surface area contributed by atoms with Crippen molar-refractivity contribution < 1.29 is 0 Å². The molecule has 1 N–H and O–H groups in total. The monoisotopic (exact) mass is 236 g/mol. The predicted molar refractivity (Wildman–Crippen MR) is 69.8 cm³/mol. The van der Waals surface area contributed by atoms with E-state index in [2.05, 4.69) is 51.1 Å². The molecule has 0 atom stereocenters. The Balaban J connectivity index is 2.15. The van der Waals surface area contributed by atoms with Gasteiger partial charge >= 0.3 is 0 Å². The lowest BCUT2D eigenvalue weighted by molar-refractivity contribution is 1.15. The van der Waals surface area contributed by atoms with Gasteiger partial charge in [0, 0.05) is 24.2 Å². The first-order valence-electron chi connectivity index (χ1n) is 5.71. The SMILES string of the molecule is Cc1ccc(-c2ncncc2-c2ncc[nH]2)cc1. The fraction of sp³-hybridized carbons (Fsp3) is 0.0714. The Morgan fingerprint density at radius 3 is 2.61 bits per heavy atom. The molecule has 0 amide bonds. The van der Waals surface area contributed by atoms with Gasteiger partial charge in [0.1, 0.15) is 12.2 Å². The van der Waals surface area contributed by atoms with Crippen molar-refractivity contribution in [3.8, 4) is 22.6 Å². The standard InChI is InChI=1S/C14H12N4/c1-10-2-4-11(5-3-10)13-12(8-15-9-18-13)14-16-6-7-17-14/h2-9H,1H3,(H,16,17). The molecule has 0 saturated heterocycles. The number of rotatable bonds is 2. The first-order chi connectivity index (χ1) is 8.84. The molecule has 0 aliphatic carbocycles. The van der Waals surface area contributed by atoms with Crippen molar-refractivity contribution in [1.82, 2.24) is 19.9 Å². The zero-order chi connectivity index (χ0) is 12.4. The molecule has 4 nitrogen and oxygen atoms in total. The fourth-order valence-electron chi connectivity index (χ4n) is 1.86. The molecule has 4 heteroatoms. The molecule has 1 aromatic carbocycles. The Hall–Kier alpha value is -2.49. The molecule has 3 aromatic rings. The Kier molecular flexibility index (Phi) is 2.61. The highest BCUT2D eigenvalue weighted by Crippen LogP contribution is 2.27. The van der Waals surface area contributed by atoms with Crippen LogP contribution in [0.25, 0.3) is 22.6 Å². The summed E-state index contributed by atoms with van der Waals surface area (Å²) >= 11 is 0. The van der Waals surface area contributed by atoms with E-state index in [4.69, 9.17) is 0 Å². The Bertz CT molecular complexity index is 642. The normalized spacial score (nSPS) is 10.5. The van der Waals surface area contributed by atoms with Crippen molar-refractivity contribution in [2.45, 2.75) is 6.92 Å². The minimum atomic E-state index is 0.783. The molecule has 0 fully saturated rings. The summed E-state index contributed by atoms with van der Waals surface area (Å²) in [4.78, 5) is 15.8. The molecular formula is C14H12N4. The third kappa shape index (κ3) is 1.88. The number of hydrogen-bond acceptors (Lipinski definition) is 3. The summed E-state index contributed by atoms with van der Waals surface area (Å²) in [7, 11) is 0. The van der Waals surface area contributed by atoms with E-state index in [0.717, 1.165) is 22.6 Å². The highest BCUT2D eigenvalue weighted by atomic mass is 14.9. The molecule has 0 radical (unpaired) electrons. The van der Waals surface area contributed by atoms with Crippen LogP contribution in [0.1, 0.15) is 5.56 Å². The summed E-state index contributed by atoms with van der Waals surface area (Å²) < 4.78 is 0. The lowest BCUT2D eigenvalue weighted by atomic mass is 10.1. The summed E-state index contributed by atoms with van der Waals surface area (Å²) in [5, 5.41) is 0. The quantitative estimate of drug-likeness (QED) is 0.744. The van der Waals surface area contributed by atoms with Crippen LogP contribution in [-0.4, -0.2) is 19.9 Å². The van der Waals surface area contributed by atoms with Crippen LogP contribution in [0.4, 0.5) is 0 Å². The highest BCUT2D eigenvalue weighted by Gasteiger charge is 2.10. The summed E-state index contributed by atoms with van der Waals surface area (Å²) in [5.41, 5.74) is 4.09. The Morgan fingerprint density at radius 1 is 1.06 bits per heavy atom. The molecule has 0 unspecified atom stereocenters. The smallest absolute Gasteiger partial charge is 0.141 e. The summed E-state index contributed by atoms with van der Waals surface area (Å²) in [6.07, 6.45) is 6.85. The van der Waals surface area contributed by atoms with E-state index in [1.54, 1.807) is 24.9 Å². The van der Waals surface area contributed by atoms with Crippen molar-refractivity contribution in [3.63, 3.8) is 0 Å². The van der Waals surface area contributed by atoms with Gasteiger partial charge in [0.2, 0.25) is 0 Å². The van der Waals surface area contributed by atoms with Crippen LogP contribution in [0, 0.1) is 6.92 Å². The van der Waals surface area contributed by atoms with Crippen LogP contribution in [0.5, 0.6) is 0 Å². The second-order valence-corrected chi connectivity index (χ2v) is 4.09. The van der Waals surface area contributed by atoms with E-state index >= 15 is 0 Å².